The monoisotopic (exact) mass is 465 g/mol. The van der Waals surface area contributed by atoms with Crippen molar-refractivity contribution in [1.29, 1.82) is 0 Å². The molecule has 0 bridgehead atoms. The number of benzene rings is 1. The fourth-order valence-electron chi connectivity index (χ4n) is 5.36. The van der Waals surface area contributed by atoms with E-state index in [2.05, 4.69) is 16.5 Å². The Balaban J connectivity index is 1.23. The van der Waals surface area contributed by atoms with Crippen molar-refractivity contribution in [2.75, 3.05) is 0 Å². The van der Waals surface area contributed by atoms with Gasteiger partial charge in [0.1, 0.15) is 18.6 Å². The van der Waals surface area contributed by atoms with Crippen molar-refractivity contribution in [2.45, 2.75) is 116 Å². The maximum Gasteiger partial charge on any atom is 0.418 e. The minimum absolute atomic E-state index is 0.185. The third kappa shape index (κ3) is 5.59. The molecule has 1 aliphatic rings. The topological polar surface area (TPSA) is 60.8 Å². The van der Waals surface area contributed by atoms with Gasteiger partial charge in [-0.15, -0.1) is 0 Å². The molecule has 0 spiro atoms. The van der Waals surface area contributed by atoms with Crippen LogP contribution < -0.4 is 15.8 Å². The Morgan fingerprint density at radius 1 is 0.824 bits per heavy atom. The number of rotatable bonds is 15. The summed E-state index contributed by atoms with van der Waals surface area (Å²) in [6, 6.07) is 7.84. The average molecular weight is 466 g/mol. The van der Waals surface area contributed by atoms with Crippen molar-refractivity contribution in [2.24, 2.45) is 0 Å². The molecule has 1 aliphatic heterocycles. The predicted molar refractivity (Wildman–Crippen MR) is 138 cm³/mol. The number of hydrogen-bond donors (Lipinski definition) is 0. The van der Waals surface area contributed by atoms with Crippen LogP contribution in [0.2, 0.25) is 0 Å². The number of unbranched alkanes of at least 4 members (excludes halogenated alkanes) is 13. The summed E-state index contributed by atoms with van der Waals surface area (Å²) in [4.78, 5) is 30.9. The highest BCUT2D eigenvalue weighted by atomic mass is 16.2. The summed E-state index contributed by atoms with van der Waals surface area (Å²) in [6.45, 7) is 4.06. The summed E-state index contributed by atoms with van der Waals surface area (Å²) >= 11 is 0. The van der Waals surface area contributed by atoms with E-state index in [1.165, 1.54) is 81.6 Å². The van der Waals surface area contributed by atoms with Crippen LogP contribution in [0.1, 0.15) is 96.8 Å². The van der Waals surface area contributed by atoms with Crippen molar-refractivity contribution in [1.82, 2.24) is 14.1 Å². The van der Waals surface area contributed by atoms with Crippen LogP contribution in [0.15, 0.2) is 33.9 Å². The van der Waals surface area contributed by atoms with Gasteiger partial charge in [0, 0.05) is 6.54 Å². The zero-order valence-corrected chi connectivity index (χ0v) is 20.9. The molecule has 2 aromatic heterocycles. The largest absolute Gasteiger partial charge is 0.418 e. The molecule has 0 unspecified atom stereocenters. The smallest absolute Gasteiger partial charge is 0.266 e. The van der Waals surface area contributed by atoms with Gasteiger partial charge in [0.2, 0.25) is 5.52 Å². The van der Waals surface area contributed by atoms with Gasteiger partial charge in [-0.2, -0.15) is 4.57 Å². The first-order valence-electron chi connectivity index (χ1n) is 13.7. The Morgan fingerprint density at radius 3 is 2.06 bits per heavy atom. The second-order valence-corrected chi connectivity index (χ2v) is 9.91. The van der Waals surface area contributed by atoms with E-state index in [0.717, 1.165) is 23.9 Å². The lowest BCUT2D eigenvalue weighted by Crippen LogP contribution is -2.42. The molecule has 1 aromatic carbocycles. The van der Waals surface area contributed by atoms with Crippen LogP contribution in [-0.2, 0) is 19.6 Å². The van der Waals surface area contributed by atoms with Crippen LogP contribution in [-0.4, -0.2) is 14.1 Å². The summed E-state index contributed by atoms with van der Waals surface area (Å²) in [5, 5.41) is 0. The maximum absolute atomic E-state index is 13.2. The molecule has 34 heavy (non-hydrogen) atoms. The van der Waals surface area contributed by atoms with E-state index in [1.54, 1.807) is 4.57 Å². The molecule has 6 heteroatoms. The lowest BCUT2D eigenvalue weighted by atomic mass is 10.0. The van der Waals surface area contributed by atoms with Crippen molar-refractivity contribution in [3.63, 3.8) is 0 Å². The van der Waals surface area contributed by atoms with Gasteiger partial charge < -0.3 is 0 Å². The third-order valence-corrected chi connectivity index (χ3v) is 7.32. The number of nitrogens with zero attached hydrogens (tertiary/aromatic N) is 4. The molecule has 3 aromatic rings. The van der Waals surface area contributed by atoms with Gasteiger partial charge in [-0.05, 0) is 18.6 Å². The van der Waals surface area contributed by atoms with Crippen molar-refractivity contribution < 1.29 is 4.57 Å². The molecule has 0 aliphatic carbocycles. The van der Waals surface area contributed by atoms with E-state index < -0.39 is 0 Å². The molecule has 0 amide bonds. The molecule has 0 atom stereocenters. The highest BCUT2D eigenvalue weighted by Gasteiger charge is 2.30. The molecule has 0 saturated carbocycles. The van der Waals surface area contributed by atoms with Gasteiger partial charge >= 0.3 is 11.3 Å². The normalized spacial score (nSPS) is 12.9. The first-order chi connectivity index (χ1) is 16.7. The van der Waals surface area contributed by atoms with Gasteiger partial charge in [0.15, 0.2) is 5.52 Å². The molecule has 6 nitrogen and oxygen atoms in total. The van der Waals surface area contributed by atoms with Crippen LogP contribution in [0.3, 0.4) is 0 Å². The average Bonchev–Trinajstić information content (AvgIpc) is 3.30. The SMILES string of the molecule is CCCCCCCCCCCCCCCCn1c(=O)c2nc3ccccc3[n+]3c2n(c1=O)CC3. The molecule has 0 N–H and O–H groups in total. The summed E-state index contributed by atoms with van der Waals surface area (Å²) in [5.41, 5.74) is 2.45. The highest BCUT2D eigenvalue weighted by Crippen LogP contribution is 2.15. The predicted octanol–water partition coefficient (Wildman–Crippen LogP) is 5.49. The van der Waals surface area contributed by atoms with Crippen molar-refractivity contribution in [3.8, 4) is 0 Å². The second kappa shape index (κ2) is 12.3. The Bertz CT molecular complexity index is 1210. The molecule has 4 rings (SSSR count). The Labute approximate surface area is 202 Å². The fraction of sp³-hybridized carbons (Fsp3) is 0.643. The summed E-state index contributed by atoms with van der Waals surface area (Å²) in [6.07, 6.45) is 18.1. The van der Waals surface area contributed by atoms with E-state index >= 15 is 0 Å². The van der Waals surface area contributed by atoms with Gasteiger partial charge in [-0.25, -0.2) is 18.9 Å². The van der Waals surface area contributed by atoms with Gasteiger partial charge in [-0.1, -0.05) is 103 Å². The number of fused-ring (bicyclic) bond motifs is 2. The van der Waals surface area contributed by atoms with Gasteiger partial charge in [-0.3, -0.25) is 4.79 Å². The van der Waals surface area contributed by atoms with Gasteiger partial charge in [0.05, 0.1) is 0 Å². The zero-order chi connectivity index (χ0) is 23.8. The number of aryl methyl sites for hydroxylation is 2. The first-order valence-corrected chi connectivity index (χ1v) is 13.7. The minimum Gasteiger partial charge on any atom is -0.266 e. The van der Waals surface area contributed by atoms with E-state index in [-0.39, 0.29) is 11.2 Å². The Morgan fingerprint density at radius 2 is 1.41 bits per heavy atom. The molecule has 184 valence electrons. The molecule has 3 heterocycles. The molecular weight excluding hydrogens is 424 g/mol. The van der Waals surface area contributed by atoms with Crippen LogP contribution in [0.4, 0.5) is 0 Å². The fourth-order valence-corrected chi connectivity index (χ4v) is 5.36. The minimum atomic E-state index is -0.243. The van der Waals surface area contributed by atoms with Crippen LogP contribution in [0.5, 0.6) is 0 Å². The van der Waals surface area contributed by atoms with E-state index in [0.29, 0.717) is 30.8 Å². The van der Waals surface area contributed by atoms with Crippen LogP contribution in [0.25, 0.3) is 22.2 Å². The Hall–Kier alpha value is -2.50. The highest BCUT2D eigenvalue weighted by molar-refractivity contribution is 5.79. The number of aromatic nitrogens is 4. The molecule has 0 radical (unpaired) electrons. The third-order valence-electron chi connectivity index (χ3n) is 7.32. The summed E-state index contributed by atoms with van der Waals surface area (Å²) in [5.74, 6) is 0. The van der Waals surface area contributed by atoms with E-state index in [9.17, 15) is 9.59 Å². The van der Waals surface area contributed by atoms with Crippen LogP contribution >= 0.6 is 0 Å². The van der Waals surface area contributed by atoms with Crippen molar-refractivity contribution in [3.05, 3.63) is 45.1 Å². The molecular formula is C28H41N4O2+. The summed E-state index contributed by atoms with van der Waals surface area (Å²) < 4.78 is 5.22. The zero-order valence-electron chi connectivity index (χ0n) is 20.9. The maximum atomic E-state index is 13.2. The quantitative estimate of drug-likeness (QED) is 0.169. The molecule has 0 saturated heterocycles. The lowest BCUT2D eigenvalue weighted by molar-refractivity contribution is -0.637. The number of hydrogen-bond acceptors (Lipinski definition) is 3. The van der Waals surface area contributed by atoms with E-state index in [4.69, 9.17) is 0 Å². The lowest BCUT2D eigenvalue weighted by Gasteiger charge is -2.07. The van der Waals surface area contributed by atoms with Crippen LogP contribution in [0, 0.1) is 0 Å². The second-order valence-electron chi connectivity index (χ2n) is 9.91. The van der Waals surface area contributed by atoms with Crippen molar-refractivity contribution >= 4 is 22.2 Å². The number of para-hydroxylation sites is 2. The van der Waals surface area contributed by atoms with E-state index in [1.807, 2.05) is 24.3 Å². The van der Waals surface area contributed by atoms with Gasteiger partial charge in [0.25, 0.3) is 5.56 Å². The first kappa shape index (κ1) is 24.6. The summed E-state index contributed by atoms with van der Waals surface area (Å²) in [7, 11) is 0. The standard InChI is InChI=1S/C28H41N4O2/c1-2-3-4-5-6-7-8-9-10-11-12-13-14-17-20-32-27(33)25-26-30(21-22-31(26)28(32)34)24-19-16-15-18-23(24)29-25/h15-16,18-19H,2-14,17,20-22H2,1H3/q+1. The molecule has 0 fully saturated rings. The Kier molecular flexibility index (Phi) is 8.89.